The normalized spacial score (nSPS) is 20.1. The van der Waals surface area contributed by atoms with Crippen molar-refractivity contribution in [2.24, 2.45) is 0 Å². The lowest BCUT2D eigenvalue weighted by atomic mass is 10.1. The van der Waals surface area contributed by atoms with Crippen molar-refractivity contribution in [3.8, 4) is 0 Å². The van der Waals surface area contributed by atoms with Crippen LogP contribution in [-0.4, -0.2) is 28.5 Å². The minimum atomic E-state index is -0.771. The predicted octanol–water partition coefficient (Wildman–Crippen LogP) is 2.96. The molecule has 126 valence electrons. The van der Waals surface area contributed by atoms with E-state index in [0.29, 0.717) is 10.7 Å². The van der Waals surface area contributed by atoms with E-state index in [-0.39, 0.29) is 18.5 Å². The maximum Gasteiger partial charge on any atom is 0.336 e. The number of nitrogens with one attached hydrogen (secondary N) is 3. The molecule has 2 unspecified atom stereocenters. The van der Waals surface area contributed by atoms with Crippen LogP contribution in [0.5, 0.6) is 0 Å². The molecule has 0 radical (unpaired) electrons. The molecule has 0 spiro atoms. The van der Waals surface area contributed by atoms with Crippen molar-refractivity contribution in [1.29, 1.82) is 0 Å². The van der Waals surface area contributed by atoms with Crippen LogP contribution in [0.15, 0.2) is 54.6 Å². The van der Waals surface area contributed by atoms with Gasteiger partial charge in [-0.15, -0.1) is 0 Å². The highest BCUT2D eigenvalue weighted by Gasteiger charge is 2.40. The Bertz CT molecular complexity index is 954. The monoisotopic (exact) mass is 355 g/mol. The minimum absolute atomic E-state index is 0.120. The first-order chi connectivity index (χ1) is 12.1. The Hall–Kier alpha value is -2.70. The number of carbonyl (C=O) groups excluding carboxylic acids is 1. The zero-order valence-electron chi connectivity index (χ0n) is 13.2. The number of nitrogens with zero attached hydrogens (tertiary/aromatic N) is 1. The van der Waals surface area contributed by atoms with E-state index in [1.54, 1.807) is 18.2 Å². The molecule has 3 N–H and O–H groups in total. The van der Waals surface area contributed by atoms with Crippen molar-refractivity contribution < 1.29 is 9.55 Å². The Morgan fingerprint density at radius 2 is 1.96 bits per heavy atom. The number of benzene rings is 2. The molecule has 6 nitrogen and oxygen atoms in total. The fraction of sp³-hybridized carbons (Fsp3) is 0.167. The maximum atomic E-state index is 12.5. The third-order valence-electron chi connectivity index (χ3n) is 4.31. The number of amides is 1. The molecule has 0 saturated carbocycles. The van der Waals surface area contributed by atoms with Crippen molar-refractivity contribution >= 4 is 28.4 Å². The van der Waals surface area contributed by atoms with Crippen LogP contribution in [0.25, 0.3) is 10.9 Å². The van der Waals surface area contributed by atoms with Gasteiger partial charge in [-0.25, -0.2) is 5.32 Å². The molecule has 1 aliphatic heterocycles. The fourth-order valence-corrected chi connectivity index (χ4v) is 3.22. The van der Waals surface area contributed by atoms with Gasteiger partial charge >= 0.3 is 6.29 Å². The summed E-state index contributed by atoms with van der Waals surface area (Å²) in [6, 6.07) is 16.6. The van der Waals surface area contributed by atoms with Gasteiger partial charge in [-0.05, 0) is 29.8 Å². The average molecular weight is 356 g/mol. The summed E-state index contributed by atoms with van der Waals surface area (Å²) in [5, 5.41) is 7.32. The zero-order chi connectivity index (χ0) is 17.4. The highest BCUT2D eigenvalue weighted by atomic mass is 35.5. The lowest BCUT2D eigenvalue weighted by Gasteiger charge is -2.08. The number of H-pyrrole nitrogens is 1. The number of carbonyl (C=O) groups is 1. The number of hydrogen-bond acceptors (Lipinski definition) is 3. The summed E-state index contributed by atoms with van der Waals surface area (Å²) >= 11 is 5.97. The van der Waals surface area contributed by atoms with E-state index in [2.05, 4.69) is 15.6 Å². The predicted molar refractivity (Wildman–Crippen MR) is 95.4 cm³/mol. The summed E-state index contributed by atoms with van der Waals surface area (Å²) in [5.74, 6) is -0.348. The molecular weight excluding hydrogens is 340 g/mol. The average Bonchev–Trinajstić information content (AvgIpc) is 3.19. The molecule has 0 aliphatic carbocycles. The topological polar surface area (TPSA) is 77.0 Å². The van der Waals surface area contributed by atoms with E-state index in [1.807, 2.05) is 36.4 Å². The van der Waals surface area contributed by atoms with Crippen molar-refractivity contribution in [3.63, 3.8) is 0 Å². The van der Waals surface area contributed by atoms with Crippen molar-refractivity contribution in [2.45, 2.75) is 12.3 Å². The van der Waals surface area contributed by atoms with Crippen LogP contribution in [0.3, 0.4) is 0 Å². The third kappa shape index (κ3) is 3.14. The number of halogens is 1. The number of fused-ring (bicyclic) bond motifs is 1. The molecule has 1 fully saturated rings. The van der Waals surface area contributed by atoms with Crippen LogP contribution in [0, 0.1) is 4.91 Å². The van der Waals surface area contributed by atoms with Gasteiger partial charge in [-0.1, -0.05) is 41.9 Å². The highest BCUT2D eigenvalue weighted by Crippen LogP contribution is 2.21. The molecule has 1 amide bonds. The summed E-state index contributed by atoms with van der Waals surface area (Å²) in [6.45, 7) is 0.275. The minimum Gasteiger partial charge on any atom is -0.351 e. The van der Waals surface area contributed by atoms with Gasteiger partial charge in [-0.2, -0.15) is 0 Å². The Labute approximate surface area is 148 Å². The van der Waals surface area contributed by atoms with E-state index in [4.69, 9.17) is 11.6 Å². The molecule has 2 aromatic carbocycles. The Morgan fingerprint density at radius 3 is 2.76 bits per heavy atom. The number of aromatic nitrogens is 1. The summed E-state index contributed by atoms with van der Waals surface area (Å²) < 4.78 is 0.842. The number of hydrogen-bond donors (Lipinski definition) is 3. The smallest absolute Gasteiger partial charge is 0.336 e. The van der Waals surface area contributed by atoms with Crippen molar-refractivity contribution in [1.82, 2.24) is 15.6 Å². The lowest BCUT2D eigenvalue weighted by molar-refractivity contribution is -0.571. The Morgan fingerprint density at radius 1 is 1.16 bits per heavy atom. The second kappa shape index (κ2) is 6.31. The second-order valence-corrected chi connectivity index (χ2v) is 6.46. The molecule has 1 saturated heterocycles. The molecule has 7 heteroatoms. The molecule has 4 rings (SSSR count). The van der Waals surface area contributed by atoms with Crippen LogP contribution in [0.2, 0.25) is 5.02 Å². The Balaban J connectivity index is 1.49. The van der Waals surface area contributed by atoms with Crippen molar-refractivity contribution in [3.05, 3.63) is 75.8 Å². The second-order valence-electron chi connectivity index (χ2n) is 6.02. The van der Waals surface area contributed by atoms with Gasteiger partial charge in [0.1, 0.15) is 11.7 Å². The van der Waals surface area contributed by atoms with E-state index in [9.17, 15) is 9.70 Å². The van der Waals surface area contributed by atoms with Crippen LogP contribution < -0.4 is 10.6 Å². The zero-order valence-corrected chi connectivity index (χ0v) is 14.0. The van der Waals surface area contributed by atoms with E-state index < -0.39 is 6.29 Å². The van der Waals surface area contributed by atoms with Crippen molar-refractivity contribution in [2.75, 3.05) is 6.54 Å². The molecule has 1 aliphatic rings. The number of rotatable bonds is 3. The van der Waals surface area contributed by atoms with E-state index in [1.165, 1.54) is 0 Å². The quantitative estimate of drug-likeness (QED) is 0.632. The summed E-state index contributed by atoms with van der Waals surface area (Å²) in [4.78, 5) is 27.7. The number of aromatic amines is 1. The van der Waals surface area contributed by atoms with Gasteiger partial charge in [0, 0.05) is 25.6 Å². The van der Waals surface area contributed by atoms with E-state index in [0.717, 1.165) is 21.2 Å². The summed E-state index contributed by atoms with van der Waals surface area (Å²) in [7, 11) is 0. The van der Waals surface area contributed by atoms with Gasteiger partial charge in [0.25, 0.3) is 5.91 Å². The van der Waals surface area contributed by atoms with Gasteiger partial charge < -0.3 is 4.98 Å². The molecule has 0 bridgehead atoms. The van der Waals surface area contributed by atoms with Gasteiger partial charge in [0.05, 0.1) is 0 Å². The van der Waals surface area contributed by atoms with Crippen LogP contribution in [0.1, 0.15) is 22.1 Å². The fourth-order valence-electron chi connectivity index (χ4n) is 3.04. The molecular formula is C18H16ClN4O2+. The van der Waals surface area contributed by atoms with Gasteiger partial charge in [0.2, 0.25) is 6.54 Å². The maximum absolute atomic E-state index is 12.5. The molecule has 25 heavy (non-hydrogen) atoms. The SMILES string of the molecule is O=C(NC1NC(c2ccccc2)C[N+]1=O)c1cc2cc(Cl)ccc2[nH]1. The first-order valence-electron chi connectivity index (χ1n) is 7.94. The Kier molecular flexibility index (Phi) is 3.99. The third-order valence-corrected chi connectivity index (χ3v) is 4.54. The molecule has 3 aromatic rings. The summed E-state index contributed by atoms with van der Waals surface area (Å²) in [6.07, 6.45) is -0.771. The summed E-state index contributed by atoms with van der Waals surface area (Å²) in [5.41, 5.74) is 2.21. The first kappa shape index (κ1) is 15.8. The molecule has 2 atom stereocenters. The lowest BCUT2D eigenvalue weighted by Crippen LogP contribution is -2.46. The largest absolute Gasteiger partial charge is 0.351 e. The van der Waals surface area contributed by atoms with Crippen LogP contribution >= 0.6 is 11.6 Å². The number of nitroso groups, excluding NO2 is 1. The highest BCUT2D eigenvalue weighted by molar-refractivity contribution is 6.31. The molecule has 2 heterocycles. The van der Waals surface area contributed by atoms with E-state index >= 15 is 0 Å². The first-order valence-corrected chi connectivity index (χ1v) is 8.32. The van der Waals surface area contributed by atoms with Gasteiger partial charge in [0.15, 0.2) is 0 Å². The van der Waals surface area contributed by atoms with Crippen LogP contribution in [-0.2, 0) is 0 Å². The van der Waals surface area contributed by atoms with Gasteiger partial charge in [-0.3, -0.25) is 10.1 Å². The standard InChI is InChI=1S/C18H15ClN4O2/c19-13-6-7-14-12(8-13)9-15(20-14)17(24)22-18-21-16(10-23(18)25)11-4-2-1-3-5-11/h1-9,16,18,21H,10H2,(H-,20,22,24)/p+1. The molecule has 1 aromatic heterocycles. The van der Waals surface area contributed by atoms with Crippen LogP contribution in [0.4, 0.5) is 0 Å².